The first-order valence-electron chi connectivity index (χ1n) is 9.22. The summed E-state index contributed by atoms with van der Waals surface area (Å²) in [4.78, 5) is 26.0. The summed E-state index contributed by atoms with van der Waals surface area (Å²) in [6.45, 7) is 0. The zero-order valence-electron chi connectivity index (χ0n) is 16.2. The fourth-order valence-corrected chi connectivity index (χ4v) is 3.66. The van der Waals surface area contributed by atoms with Crippen LogP contribution in [0.3, 0.4) is 0 Å². The van der Waals surface area contributed by atoms with Crippen molar-refractivity contribution in [3.8, 4) is 0 Å². The third-order valence-electron chi connectivity index (χ3n) is 4.43. The molecule has 3 aromatic carbocycles. The molecule has 0 saturated carbocycles. The summed E-state index contributed by atoms with van der Waals surface area (Å²) in [5.41, 5.74) is 1.56. The minimum atomic E-state index is -1.15. The van der Waals surface area contributed by atoms with E-state index >= 15 is 0 Å². The first-order chi connectivity index (χ1) is 14.5. The smallest absolute Gasteiger partial charge is 0.252 e. The maximum atomic E-state index is 13.6. The molecule has 7 heteroatoms. The molecule has 0 aliphatic heterocycles. The number of nitrogens with one attached hydrogen (secondary N) is 2. The molecule has 0 aliphatic rings. The molecule has 0 radical (unpaired) electrons. The van der Waals surface area contributed by atoms with E-state index in [-0.39, 0.29) is 5.56 Å². The van der Waals surface area contributed by atoms with Gasteiger partial charge in [0.25, 0.3) is 5.91 Å². The normalized spacial score (nSPS) is 11.6. The third-order valence-corrected chi connectivity index (χ3v) is 5.51. The molecule has 1 unspecified atom stereocenters. The van der Waals surface area contributed by atoms with Gasteiger partial charge in [-0.05, 0) is 47.5 Å². The number of carbonyl (C=O) groups excluding carboxylic acids is 2. The van der Waals surface area contributed by atoms with Crippen LogP contribution < -0.4 is 10.6 Å². The SMILES string of the molecule is CNC(=O)C(NC(=O)c1ccc(CSc2ccccc2)cc1)c1ccc(F)c(F)c1. The number of hydrogen-bond donors (Lipinski definition) is 2. The van der Waals surface area contributed by atoms with Crippen molar-refractivity contribution in [2.75, 3.05) is 7.05 Å². The lowest BCUT2D eigenvalue weighted by Crippen LogP contribution is -2.39. The summed E-state index contributed by atoms with van der Waals surface area (Å²) in [6.07, 6.45) is 0. The van der Waals surface area contributed by atoms with Crippen LogP contribution in [0.25, 0.3) is 0 Å². The molecule has 2 N–H and O–H groups in total. The monoisotopic (exact) mass is 426 g/mol. The number of rotatable bonds is 7. The highest BCUT2D eigenvalue weighted by atomic mass is 32.2. The van der Waals surface area contributed by atoms with Crippen molar-refractivity contribution in [2.45, 2.75) is 16.7 Å². The molecule has 0 spiro atoms. The number of hydrogen-bond acceptors (Lipinski definition) is 3. The summed E-state index contributed by atoms with van der Waals surface area (Å²) in [5.74, 6) is -2.39. The highest BCUT2D eigenvalue weighted by Gasteiger charge is 2.23. The van der Waals surface area contributed by atoms with E-state index in [1.54, 1.807) is 23.9 Å². The van der Waals surface area contributed by atoms with Crippen molar-refractivity contribution >= 4 is 23.6 Å². The Kier molecular flexibility index (Phi) is 7.19. The van der Waals surface area contributed by atoms with Gasteiger partial charge in [-0.15, -0.1) is 11.8 Å². The molecular formula is C23H20F2N2O2S. The predicted molar refractivity (Wildman–Crippen MR) is 113 cm³/mol. The van der Waals surface area contributed by atoms with Crippen molar-refractivity contribution in [1.82, 2.24) is 10.6 Å². The van der Waals surface area contributed by atoms with E-state index in [1.165, 1.54) is 13.1 Å². The van der Waals surface area contributed by atoms with E-state index < -0.39 is 29.5 Å². The van der Waals surface area contributed by atoms with E-state index in [0.717, 1.165) is 28.3 Å². The molecule has 154 valence electrons. The first-order valence-corrected chi connectivity index (χ1v) is 10.2. The lowest BCUT2D eigenvalue weighted by molar-refractivity contribution is -0.122. The van der Waals surface area contributed by atoms with Gasteiger partial charge in [0.2, 0.25) is 5.91 Å². The average molecular weight is 426 g/mol. The summed E-state index contributed by atoms with van der Waals surface area (Å²) >= 11 is 1.69. The van der Waals surface area contributed by atoms with E-state index in [9.17, 15) is 18.4 Å². The van der Waals surface area contributed by atoms with Crippen LogP contribution in [0.2, 0.25) is 0 Å². The fourth-order valence-electron chi connectivity index (χ4n) is 2.79. The molecule has 3 rings (SSSR count). The van der Waals surface area contributed by atoms with E-state index in [0.29, 0.717) is 5.56 Å². The Hall–Kier alpha value is -3.19. The largest absolute Gasteiger partial charge is 0.357 e. The highest BCUT2D eigenvalue weighted by molar-refractivity contribution is 7.98. The number of carbonyl (C=O) groups is 2. The first kappa shape index (κ1) is 21.5. The van der Waals surface area contributed by atoms with Crippen molar-refractivity contribution in [1.29, 1.82) is 0 Å². The summed E-state index contributed by atoms with van der Waals surface area (Å²) < 4.78 is 26.8. The Balaban J connectivity index is 1.69. The Morgan fingerprint density at radius 3 is 2.27 bits per heavy atom. The van der Waals surface area contributed by atoms with Gasteiger partial charge in [-0.2, -0.15) is 0 Å². The maximum absolute atomic E-state index is 13.6. The van der Waals surface area contributed by atoms with Gasteiger partial charge >= 0.3 is 0 Å². The third kappa shape index (κ3) is 5.45. The zero-order chi connectivity index (χ0) is 21.5. The van der Waals surface area contributed by atoms with E-state index in [2.05, 4.69) is 10.6 Å². The lowest BCUT2D eigenvalue weighted by Gasteiger charge is -2.18. The second kappa shape index (κ2) is 10.0. The minimum Gasteiger partial charge on any atom is -0.357 e. The van der Waals surface area contributed by atoms with Gasteiger partial charge < -0.3 is 10.6 Å². The molecule has 4 nitrogen and oxygen atoms in total. The number of halogens is 2. The minimum absolute atomic E-state index is 0.150. The molecule has 0 aromatic heterocycles. The van der Waals surface area contributed by atoms with Gasteiger partial charge in [0.15, 0.2) is 11.6 Å². The quantitative estimate of drug-likeness (QED) is 0.548. The number of likely N-dealkylation sites (N-methyl/N-ethyl adjacent to an activating group) is 1. The van der Waals surface area contributed by atoms with Crippen molar-refractivity contribution in [3.05, 3.63) is 101 Å². The molecule has 0 heterocycles. The highest BCUT2D eigenvalue weighted by Crippen LogP contribution is 2.23. The van der Waals surface area contributed by atoms with Crippen LogP contribution in [-0.4, -0.2) is 18.9 Å². The average Bonchev–Trinajstić information content (AvgIpc) is 2.78. The Morgan fingerprint density at radius 1 is 0.933 bits per heavy atom. The second-order valence-electron chi connectivity index (χ2n) is 6.49. The maximum Gasteiger partial charge on any atom is 0.252 e. The second-order valence-corrected chi connectivity index (χ2v) is 7.54. The van der Waals surface area contributed by atoms with Crippen molar-refractivity contribution in [2.24, 2.45) is 0 Å². The van der Waals surface area contributed by atoms with Crippen LogP contribution >= 0.6 is 11.8 Å². The summed E-state index contributed by atoms with van der Waals surface area (Å²) in [5, 5.41) is 5.00. The molecule has 2 amide bonds. The van der Waals surface area contributed by atoms with Gasteiger partial charge in [-0.3, -0.25) is 9.59 Å². The van der Waals surface area contributed by atoms with Gasteiger partial charge in [-0.1, -0.05) is 36.4 Å². The Morgan fingerprint density at radius 2 is 1.63 bits per heavy atom. The Labute approximate surface area is 177 Å². The van der Waals surface area contributed by atoms with Crippen LogP contribution in [0.1, 0.15) is 27.5 Å². The van der Waals surface area contributed by atoms with Gasteiger partial charge in [0.1, 0.15) is 6.04 Å². The number of benzene rings is 3. The predicted octanol–water partition coefficient (Wildman–Crippen LogP) is 4.47. The molecule has 3 aromatic rings. The topological polar surface area (TPSA) is 58.2 Å². The molecule has 0 bridgehead atoms. The Bertz CT molecular complexity index is 1030. The number of thioether (sulfide) groups is 1. The molecule has 0 saturated heterocycles. The van der Waals surface area contributed by atoms with Gasteiger partial charge in [0.05, 0.1) is 0 Å². The molecule has 0 aliphatic carbocycles. The molecular weight excluding hydrogens is 406 g/mol. The van der Waals surface area contributed by atoms with Crippen molar-refractivity contribution in [3.63, 3.8) is 0 Å². The van der Waals surface area contributed by atoms with Gasteiger partial charge in [-0.25, -0.2) is 8.78 Å². The van der Waals surface area contributed by atoms with Crippen LogP contribution in [0, 0.1) is 11.6 Å². The summed E-state index contributed by atoms with van der Waals surface area (Å²) in [7, 11) is 1.40. The van der Waals surface area contributed by atoms with Crippen LogP contribution in [0.4, 0.5) is 8.78 Å². The van der Waals surface area contributed by atoms with E-state index in [1.807, 2.05) is 42.5 Å². The molecule has 1 atom stereocenters. The zero-order valence-corrected chi connectivity index (χ0v) is 17.0. The lowest BCUT2D eigenvalue weighted by atomic mass is 10.0. The summed E-state index contributed by atoms with van der Waals surface area (Å²) in [6, 6.07) is 19.0. The molecule has 0 fully saturated rings. The van der Waals surface area contributed by atoms with Crippen LogP contribution in [0.15, 0.2) is 77.7 Å². The van der Waals surface area contributed by atoms with E-state index in [4.69, 9.17) is 0 Å². The standard InChI is InChI=1S/C23H20F2N2O2S/c1-26-23(29)21(17-11-12-19(24)20(25)13-17)27-22(28)16-9-7-15(8-10-16)14-30-18-5-3-2-4-6-18/h2-13,21H,14H2,1H3,(H,26,29)(H,27,28). The molecule has 30 heavy (non-hydrogen) atoms. The van der Waals surface area contributed by atoms with Crippen LogP contribution in [-0.2, 0) is 10.5 Å². The fraction of sp³-hybridized carbons (Fsp3) is 0.130. The van der Waals surface area contributed by atoms with Crippen molar-refractivity contribution < 1.29 is 18.4 Å². The number of amides is 2. The van der Waals surface area contributed by atoms with Crippen LogP contribution in [0.5, 0.6) is 0 Å². The van der Waals surface area contributed by atoms with Gasteiger partial charge in [0, 0.05) is 23.3 Å².